The summed E-state index contributed by atoms with van der Waals surface area (Å²) >= 11 is 0. The van der Waals surface area contributed by atoms with E-state index in [9.17, 15) is 13.2 Å². The molecule has 196 valence electrons. The number of rotatable bonds is 9. The van der Waals surface area contributed by atoms with Gasteiger partial charge in [-0.3, -0.25) is 0 Å². The minimum atomic E-state index is -0.702. The van der Waals surface area contributed by atoms with E-state index in [0.29, 0.717) is 23.0 Å². The molecule has 2 aromatic rings. The van der Waals surface area contributed by atoms with Gasteiger partial charge >= 0.3 is 0 Å². The Morgan fingerprint density at radius 1 is 0.778 bits per heavy atom. The minimum Gasteiger partial charge on any atom is -0.207 e. The SMILES string of the molecule is CCCCc1ccc(C2CCC(C=Cc3ccc(C4CCC(CCC)CC4)c(F)c3F)CC2)cc1F. The number of allylic oxidation sites excluding steroid dienone is 1. The molecule has 2 aliphatic rings. The van der Waals surface area contributed by atoms with Crippen LogP contribution in [-0.2, 0) is 6.42 Å². The van der Waals surface area contributed by atoms with E-state index in [4.69, 9.17) is 0 Å². The monoisotopic (exact) mass is 496 g/mol. The third-order valence-electron chi connectivity index (χ3n) is 8.79. The van der Waals surface area contributed by atoms with Crippen molar-refractivity contribution >= 4 is 6.08 Å². The summed E-state index contributed by atoms with van der Waals surface area (Å²) in [6.07, 6.45) is 17.3. The van der Waals surface area contributed by atoms with Crippen LogP contribution >= 0.6 is 0 Å². The average Bonchev–Trinajstić information content (AvgIpc) is 2.90. The molecule has 0 radical (unpaired) electrons. The van der Waals surface area contributed by atoms with Crippen LogP contribution in [0.1, 0.15) is 125 Å². The first-order valence-electron chi connectivity index (χ1n) is 14.4. The summed E-state index contributed by atoms with van der Waals surface area (Å²) in [5, 5.41) is 0. The molecule has 4 rings (SSSR count). The second kappa shape index (κ2) is 13.0. The molecule has 0 nitrogen and oxygen atoms in total. The van der Waals surface area contributed by atoms with E-state index in [2.05, 4.69) is 26.0 Å². The first-order valence-corrected chi connectivity index (χ1v) is 14.4. The van der Waals surface area contributed by atoms with Gasteiger partial charge < -0.3 is 0 Å². The number of hydrogen-bond donors (Lipinski definition) is 0. The summed E-state index contributed by atoms with van der Waals surface area (Å²) in [5.74, 6) is 0.206. The molecule has 0 N–H and O–H groups in total. The van der Waals surface area contributed by atoms with Crippen molar-refractivity contribution < 1.29 is 13.2 Å². The van der Waals surface area contributed by atoms with E-state index >= 15 is 0 Å². The molecule has 2 saturated carbocycles. The van der Waals surface area contributed by atoms with Crippen LogP contribution in [0.3, 0.4) is 0 Å². The second-order valence-electron chi connectivity index (χ2n) is 11.3. The van der Waals surface area contributed by atoms with Gasteiger partial charge in [0.25, 0.3) is 0 Å². The van der Waals surface area contributed by atoms with Gasteiger partial charge in [-0.2, -0.15) is 0 Å². The van der Waals surface area contributed by atoms with Gasteiger partial charge in [-0.25, -0.2) is 13.2 Å². The molecule has 0 unspecified atom stereocenters. The van der Waals surface area contributed by atoms with Gasteiger partial charge in [0.05, 0.1) is 0 Å². The maximum atomic E-state index is 15.0. The molecule has 2 aromatic carbocycles. The number of unbranched alkanes of at least 4 members (excludes halogenated alkanes) is 1. The largest absolute Gasteiger partial charge is 0.207 e. The van der Waals surface area contributed by atoms with E-state index in [1.807, 2.05) is 12.1 Å². The molecule has 0 heterocycles. The van der Waals surface area contributed by atoms with Crippen molar-refractivity contribution in [2.24, 2.45) is 11.8 Å². The summed E-state index contributed by atoms with van der Waals surface area (Å²) < 4.78 is 44.4. The summed E-state index contributed by atoms with van der Waals surface area (Å²) in [6.45, 7) is 4.34. The van der Waals surface area contributed by atoms with Crippen LogP contribution in [0.4, 0.5) is 13.2 Å². The van der Waals surface area contributed by atoms with Crippen molar-refractivity contribution in [3.05, 3.63) is 76.1 Å². The van der Waals surface area contributed by atoms with Crippen molar-refractivity contribution in [3.8, 4) is 0 Å². The smallest absolute Gasteiger partial charge is 0.166 e. The Kier molecular flexibility index (Phi) is 9.73. The number of halogens is 3. The van der Waals surface area contributed by atoms with Gasteiger partial charge in [-0.05, 0) is 111 Å². The van der Waals surface area contributed by atoms with Gasteiger partial charge in [0.1, 0.15) is 5.82 Å². The third-order valence-corrected chi connectivity index (χ3v) is 8.79. The first-order chi connectivity index (χ1) is 17.5. The van der Waals surface area contributed by atoms with Crippen LogP contribution < -0.4 is 0 Å². The molecular weight excluding hydrogens is 453 g/mol. The summed E-state index contributed by atoms with van der Waals surface area (Å²) in [7, 11) is 0. The quantitative estimate of drug-likeness (QED) is 0.324. The number of hydrogen-bond acceptors (Lipinski definition) is 0. The van der Waals surface area contributed by atoms with Crippen molar-refractivity contribution in [2.45, 2.75) is 109 Å². The van der Waals surface area contributed by atoms with Crippen molar-refractivity contribution in [3.63, 3.8) is 0 Å². The van der Waals surface area contributed by atoms with Gasteiger partial charge in [-0.15, -0.1) is 0 Å². The topological polar surface area (TPSA) is 0 Å². The normalized spacial score (nSPS) is 24.9. The lowest BCUT2D eigenvalue weighted by Crippen LogP contribution is -2.15. The molecule has 0 aromatic heterocycles. The molecule has 0 spiro atoms. The summed E-state index contributed by atoms with van der Waals surface area (Å²) in [4.78, 5) is 0. The highest BCUT2D eigenvalue weighted by atomic mass is 19.2. The lowest BCUT2D eigenvalue weighted by molar-refractivity contribution is 0.303. The molecule has 0 bridgehead atoms. The van der Waals surface area contributed by atoms with Gasteiger partial charge in [-0.1, -0.05) is 69.5 Å². The average molecular weight is 497 g/mol. The van der Waals surface area contributed by atoms with E-state index < -0.39 is 11.6 Å². The molecular formula is C33H43F3. The Morgan fingerprint density at radius 2 is 1.50 bits per heavy atom. The van der Waals surface area contributed by atoms with Gasteiger partial charge in [0.15, 0.2) is 11.6 Å². The summed E-state index contributed by atoms with van der Waals surface area (Å²) in [5.41, 5.74) is 2.83. The lowest BCUT2D eigenvalue weighted by Gasteiger charge is -2.29. The van der Waals surface area contributed by atoms with E-state index in [1.54, 1.807) is 18.2 Å². The Balaban J connectivity index is 1.32. The maximum Gasteiger partial charge on any atom is 0.166 e. The standard InChI is InChI=1S/C33H43F3/c1-3-5-7-27-18-19-29(22-31(27)34)25-13-8-24(9-14-25)12-17-28-20-21-30(33(36)32(28)35)26-15-10-23(6-4-2)11-16-26/h12,17-26H,3-11,13-16H2,1-2H3. The van der Waals surface area contributed by atoms with Crippen LogP contribution in [0.25, 0.3) is 6.08 Å². The molecule has 0 amide bonds. The van der Waals surface area contributed by atoms with E-state index in [1.165, 1.54) is 12.8 Å². The highest BCUT2D eigenvalue weighted by Gasteiger charge is 2.26. The fourth-order valence-corrected chi connectivity index (χ4v) is 6.47. The van der Waals surface area contributed by atoms with Crippen LogP contribution in [0.15, 0.2) is 36.4 Å². The molecule has 3 heteroatoms. The molecule has 0 atom stereocenters. The van der Waals surface area contributed by atoms with Gasteiger partial charge in [0, 0.05) is 5.56 Å². The number of benzene rings is 2. The summed E-state index contributed by atoms with van der Waals surface area (Å²) in [6, 6.07) is 9.38. The maximum absolute atomic E-state index is 15.0. The fraction of sp³-hybridized carbons (Fsp3) is 0.576. The van der Waals surface area contributed by atoms with Crippen molar-refractivity contribution in [1.29, 1.82) is 0 Å². The van der Waals surface area contributed by atoms with Crippen molar-refractivity contribution in [2.75, 3.05) is 0 Å². The lowest BCUT2D eigenvalue weighted by atomic mass is 9.77. The Bertz CT molecular complexity index is 1010. The minimum absolute atomic E-state index is 0.0714. The third kappa shape index (κ3) is 6.64. The Labute approximate surface area is 216 Å². The number of aryl methyl sites for hydroxylation is 1. The van der Waals surface area contributed by atoms with Crippen LogP contribution in [0, 0.1) is 29.3 Å². The zero-order valence-electron chi connectivity index (χ0n) is 22.2. The molecule has 0 aliphatic heterocycles. The Morgan fingerprint density at radius 3 is 2.17 bits per heavy atom. The highest BCUT2D eigenvalue weighted by Crippen LogP contribution is 2.40. The Hall–Kier alpha value is -2.03. The first kappa shape index (κ1) is 27.0. The predicted octanol–water partition coefficient (Wildman–Crippen LogP) is 10.5. The van der Waals surface area contributed by atoms with E-state index in [-0.39, 0.29) is 11.7 Å². The molecule has 2 fully saturated rings. The molecule has 36 heavy (non-hydrogen) atoms. The van der Waals surface area contributed by atoms with Crippen LogP contribution in [0.2, 0.25) is 0 Å². The van der Waals surface area contributed by atoms with Gasteiger partial charge in [0.2, 0.25) is 0 Å². The predicted molar refractivity (Wildman–Crippen MR) is 145 cm³/mol. The zero-order valence-corrected chi connectivity index (χ0v) is 22.2. The molecule has 2 aliphatic carbocycles. The van der Waals surface area contributed by atoms with Crippen LogP contribution in [-0.4, -0.2) is 0 Å². The highest BCUT2D eigenvalue weighted by molar-refractivity contribution is 5.52. The van der Waals surface area contributed by atoms with Crippen LogP contribution in [0.5, 0.6) is 0 Å². The second-order valence-corrected chi connectivity index (χ2v) is 11.3. The van der Waals surface area contributed by atoms with Crippen molar-refractivity contribution in [1.82, 2.24) is 0 Å². The van der Waals surface area contributed by atoms with E-state index in [0.717, 1.165) is 87.7 Å². The fourth-order valence-electron chi connectivity index (χ4n) is 6.47. The zero-order chi connectivity index (χ0) is 25.5. The molecule has 0 saturated heterocycles.